The van der Waals surface area contributed by atoms with Gasteiger partial charge in [0.1, 0.15) is 0 Å². The van der Waals surface area contributed by atoms with Gasteiger partial charge < -0.3 is 25.3 Å². The van der Waals surface area contributed by atoms with Crippen LogP contribution in [0.5, 0.6) is 0 Å². The van der Waals surface area contributed by atoms with Crippen LogP contribution in [0.15, 0.2) is 0 Å². The monoisotopic (exact) mass is 508 g/mol. The molecule has 0 nitrogen and oxygen atoms in total. The quantitative estimate of drug-likeness (QED) is 0.116. The van der Waals surface area contributed by atoms with Crippen LogP contribution >= 0.6 is 0 Å². The van der Waals surface area contributed by atoms with E-state index < -0.39 is 0 Å². The van der Waals surface area contributed by atoms with E-state index in [0.717, 1.165) is 0 Å². The Labute approximate surface area is 198 Å². The number of unbranched alkanes of at least 4 members (excludes halogenated alkanes) is 12. The van der Waals surface area contributed by atoms with E-state index in [2.05, 4.69) is 41.5 Å². The number of rotatable bonds is 16. The molecule has 0 aliphatic rings. The van der Waals surface area contributed by atoms with Crippen molar-refractivity contribution >= 4 is 25.3 Å². The number of hydrogen-bond donors (Lipinski definition) is 0. The van der Waals surface area contributed by atoms with Crippen LogP contribution < -0.4 is 0 Å². The predicted molar refractivity (Wildman–Crippen MR) is 128 cm³/mol. The second kappa shape index (κ2) is 22.1. The van der Waals surface area contributed by atoms with Gasteiger partial charge in [-0.15, -0.1) is 0 Å². The first-order valence-electron chi connectivity index (χ1n) is 11.5. The van der Waals surface area contributed by atoms with Gasteiger partial charge in [0.15, 0.2) is 0 Å². The molecule has 0 unspecified atom stereocenters. The summed E-state index contributed by atoms with van der Waals surface area (Å²) >= 11 is 10.6. The Hall–Kier alpha value is 1.36. The molecule has 0 spiro atoms. The van der Waals surface area contributed by atoms with Crippen LogP contribution in [0.3, 0.4) is 0 Å². The smallest absolute Gasteiger partial charge is 0.786 e. The summed E-state index contributed by atoms with van der Waals surface area (Å²) in [7, 11) is 0. The molecule has 0 radical (unpaired) electrons. The largest absolute Gasteiger partial charge is 2.00 e. The standard InChI is InChI=1S/2C12H26S.Pd/c2*1-4-5-6-7-8-9-10-11-12(2,3)13;/h2*13H,4-11H2,1-3H3;/q;;+2/p-2. The molecule has 0 atom stereocenters. The van der Waals surface area contributed by atoms with Gasteiger partial charge in [0.25, 0.3) is 0 Å². The van der Waals surface area contributed by atoms with Crippen LogP contribution in [0.2, 0.25) is 0 Å². The fourth-order valence-corrected chi connectivity index (χ4v) is 3.30. The van der Waals surface area contributed by atoms with Crippen molar-refractivity contribution in [1.82, 2.24) is 0 Å². The maximum atomic E-state index is 5.30. The Kier molecular flexibility index (Phi) is 27.0. The van der Waals surface area contributed by atoms with Gasteiger partial charge in [-0.2, -0.15) is 9.49 Å². The minimum Gasteiger partial charge on any atom is -0.786 e. The van der Waals surface area contributed by atoms with E-state index in [1.165, 1.54) is 103 Å². The molecule has 0 saturated heterocycles. The van der Waals surface area contributed by atoms with Crippen molar-refractivity contribution in [3.63, 3.8) is 0 Å². The average molecular weight is 509 g/mol. The predicted octanol–water partition coefficient (Wildman–Crippen LogP) is 8.90. The molecule has 0 aliphatic heterocycles. The third kappa shape index (κ3) is 38.6. The van der Waals surface area contributed by atoms with Gasteiger partial charge in [-0.3, -0.25) is 0 Å². The minimum absolute atomic E-state index is 0. The molecular formula is C24H50PdS2. The summed E-state index contributed by atoms with van der Waals surface area (Å²) < 4.78 is 0.257. The summed E-state index contributed by atoms with van der Waals surface area (Å²) in [6.07, 6.45) is 21.8. The summed E-state index contributed by atoms with van der Waals surface area (Å²) in [4.78, 5) is 0. The van der Waals surface area contributed by atoms with E-state index in [4.69, 9.17) is 25.3 Å². The molecule has 0 rings (SSSR count). The first kappa shape index (κ1) is 33.0. The van der Waals surface area contributed by atoms with Gasteiger partial charge in [0.2, 0.25) is 0 Å². The van der Waals surface area contributed by atoms with Gasteiger partial charge in [-0.1, -0.05) is 144 Å². The van der Waals surface area contributed by atoms with E-state index in [1.54, 1.807) is 0 Å². The zero-order valence-electron chi connectivity index (χ0n) is 19.4. The molecule has 168 valence electrons. The van der Waals surface area contributed by atoms with Crippen molar-refractivity contribution in [3.8, 4) is 0 Å². The van der Waals surface area contributed by atoms with Crippen molar-refractivity contribution in [2.75, 3.05) is 0 Å². The Morgan fingerprint density at radius 3 is 0.889 bits per heavy atom. The SMILES string of the molecule is CCCCCCCCCC(C)(C)[S-].CCCCCCCCCC(C)(C)[S-].[Pd+2]. The van der Waals surface area contributed by atoms with Gasteiger partial charge in [0.05, 0.1) is 0 Å². The van der Waals surface area contributed by atoms with Gasteiger partial charge in [0, 0.05) is 0 Å². The van der Waals surface area contributed by atoms with Crippen LogP contribution in [-0.2, 0) is 45.7 Å². The van der Waals surface area contributed by atoms with E-state index in [-0.39, 0.29) is 29.9 Å². The molecule has 0 aliphatic carbocycles. The van der Waals surface area contributed by atoms with Gasteiger partial charge in [-0.05, 0) is 0 Å². The second-order valence-corrected chi connectivity index (χ2v) is 11.5. The summed E-state index contributed by atoms with van der Waals surface area (Å²) in [5, 5.41) is 0. The van der Waals surface area contributed by atoms with Crippen molar-refractivity contribution < 1.29 is 20.4 Å². The first-order chi connectivity index (χ1) is 12.1. The molecular weight excluding hydrogens is 459 g/mol. The average Bonchev–Trinajstić information content (AvgIpc) is 2.52. The number of hydrogen-bond acceptors (Lipinski definition) is 2. The Balaban J connectivity index is -0.000000411. The van der Waals surface area contributed by atoms with Crippen LogP contribution in [0.1, 0.15) is 144 Å². The van der Waals surface area contributed by atoms with Gasteiger partial charge in [-0.25, -0.2) is 0 Å². The maximum Gasteiger partial charge on any atom is 2.00 e. The molecule has 0 fully saturated rings. The second-order valence-electron chi connectivity index (χ2n) is 9.26. The molecule has 27 heavy (non-hydrogen) atoms. The van der Waals surface area contributed by atoms with E-state index in [0.29, 0.717) is 0 Å². The molecule has 0 aromatic rings. The zero-order valence-corrected chi connectivity index (χ0v) is 22.6. The van der Waals surface area contributed by atoms with Crippen LogP contribution in [0.25, 0.3) is 0 Å². The Bertz CT molecular complexity index is 239. The van der Waals surface area contributed by atoms with Crippen molar-refractivity contribution in [2.45, 2.75) is 154 Å². The molecule has 0 aromatic carbocycles. The van der Waals surface area contributed by atoms with Crippen molar-refractivity contribution in [1.29, 1.82) is 0 Å². The Morgan fingerprint density at radius 1 is 0.444 bits per heavy atom. The molecule has 0 N–H and O–H groups in total. The normalized spacial score (nSPS) is 11.6. The summed E-state index contributed by atoms with van der Waals surface area (Å²) in [6, 6.07) is 0. The molecule has 0 bridgehead atoms. The molecule has 0 saturated carbocycles. The summed E-state index contributed by atoms with van der Waals surface area (Å²) in [5.41, 5.74) is 0. The molecule has 0 aromatic heterocycles. The maximum absolute atomic E-state index is 5.30. The van der Waals surface area contributed by atoms with Crippen molar-refractivity contribution in [2.24, 2.45) is 0 Å². The molecule has 0 amide bonds. The van der Waals surface area contributed by atoms with Crippen LogP contribution in [0.4, 0.5) is 0 Å². The third-order valence-electron chi connectivity index (χ3n) is 4.76. The van der Waals surface area contributed by atoms with E-state index >= 15 is 0 Å². The zero-order chi connectivity index (χ0) is 20.3. The Morgan fingerprint density at radius 2 is 0.667 bits per heavy atom. The van der Waals surface area contributed by atoms with Gasteiger partial charge >= 0.3 is 20.4 Å². The summed E-state index contributed by atoms with van der Waals surface area (Å²) in [6.45, 7) is 13.1. The first-order valence-corrected chi connectivity index (χ1v) is 12.3. The van der Waals surface area contributed by atoms with Crippen LogP contribution in [0, 0.1) is 0 Å². The summed E-state index contributed by atoms with van der Waals surface area (Å²) in [5.74, 6) is 0. The fourth-order valence-electron chi connectivity index (χ4n) is 3.02. The van der Waals surface area contributed by atoms with Crippen LogP contribution in [-0.4, -0.2) is 9.49 Å². The fraction of sp³-hybridized carbons (Fsp3) is 1.00. The molecule has 3 heteroatoms. The third-order valence-corrected chi connectivity index (χ3v) is 5.17. The van der Waals surface area contributed by atoms with E-state index in [9.17, 15) is 0 Å². The van der Waals surface area contributed by atoms with E-state index in [1.807, 2.05) is 0 Å². The minimum atomic E-state index is 0. The van der Waals surface area contributed by atoms with Crippen molar-refractivity contribution in [3.05, 3.63) is 0 Å². The molecule has 0 heterocycles. The topological polar surface area (TPSA) is 0 Å².